The van der Waals surface area contributed by atoms with E-state index in [4.69, 9.17) is 9.29 Å². The molecule has 100 valence electrons. The largest absolute Gasteiger partial charge is 0.462 e. The third-order valence-corrected chi connectivity index (χ3v) is 4.41. The van der Waals surface area contributed by atoms with E-state index in [0.717, 1.165) is 0 Å². The molecule has 0 rings (SSSR count). The minimum Gasteiger partial charge on any atom is -0.462 e. The predicted molar refractivity (Wildman–Crippen MR) is 65.2 cm³/mol. The molecule has 0 bridgehead atoms. The molecular formula is C11H20O5S. The Morgan fingerprint density at radius 2 is 1.94 bits per heavy atom. The Labute approximate surface area is 103 Å². The van der Waals surface area contributed by atoms with Gasteiger partial charge >= 0.3 is 5.97 Å². The summed E-state index contributed by atoms with van der Waals surface area (Å²) in [5, 5.41) is -0.918. The molecule has 1 atom stereocenters. The van der Waals surface area contributed by atoms with Gasteiger partial charge in [-0.05, 0) is 25.7 Å². The van der Waals surface area contributed by atoms with Crippen molar-refractivity contribution < 1.29 is 22.5 Å². The van der Waals surface area contributed by atoms with Gasteiger partial charge < -0.3 is 4.74 Å². The third-order valence-electron chi connectivity index (χ3n) is 2.88. The van der Waals surface area contributed by atoms with Crippen molar-refractivity contribution in [2.24, 2.45) is 5.41 Å². The predicted octanol–water partition coefficient (Wildman–Crippen LogP) is 1.80. The lowest BCUT2D eigenvalue weighted by Crippen LogP contribution is -2.35. The number of hydrogen-bond acceptors (Lipinski definition) is 4. The van der Waals surface area contributed by atoms with Gasteiger partial charge in [0.05, 0.1) is 11.9 Å². The summed E-state index contributed by atoms with van der Waals surface area (Å²) in [6.07, 6.45) is 0.340. The first-order valence-corrected chi connectivity index (χ1v) is 6.77. The highest BCUT2D eigenvalue weighted by Crippen LogP contribution is 2.29. The zero-order chi connectivity index (χ0) is 13.9. The van der Waals surface area contributed by atoms with Crippen LogP contribution in [-0.4, -0.2) is 30.8 Å². The van der Waals surface area contributed by atoms with Crippen LogP contribution in [0.3, 0.4) is 0 Å². The van der Waals surface area contributed by atoms with Crippen molar-refractivity contribution in [3.8, 4) is 0 Å². The molecule has 1 unspecified atom stereocenters. The molecule has 0 aliphatic rings. The first-order valence-electron chi connectivity index (χ1n) is 5.27. The van der Waals surface area contributed by atoms with Crippen LogP contribution >= 0.6 is 0 Å². The Kier molecular flexibility index (Phi) is 5.35. The van der Waals surface area contributed by atoms with Crippen molar-refractivity contribution in [1.82, 2.24) is 0 Å². The van der Waals surface area contributed by atoms with E-state index in [1.165, 1.54) is 13.8 Å². The molecule has 0 aromatic heterocycles. The first-order chi connectivity index (χ1) is 7.48. The second-order valence-electron chi connectivity index (χ2n) is 4.81. The normalized spacial score (nSPS) is 14.2. The van der Waals surface area contributed by atoms with Crippen LogP contribution in [0.2, 0.25) is 0 Å². The molecular weight excluding hydrogens is 244 g/mol. The molecule has 1 N–H and O–H groups in total. The Hall–Kier alpha value is -0.880. The summed E-state index contributed by atoms with van der Waals surface area (Å²) in [6.45, 7) is 9.88. The minimum absolute atomic E-state index is 0.0958. The summed E-state index contributed by atoms with van der Waals surface area (Å²) in [4.78, 5) is 11.1. The van der Waals surface area contributed by atoms with Crippen molar-refractivity contribution in [1.29, 1.82) is 0 Å². The Morgan fingerprint density at radius 3 is 2.29 bits per heavy atom. The van der Waals surface area contributed by atoms with Crippen molar-refractivity contribution in [2.45, 2.75) is 39.4 Å². The molecule has 0 aliphatic heterocycles. The van der Waals surface area contributed by atoms with Gasteiger partial charge in [-0.1, -0.05) is 20.4 Å². The van der Waals surface area contributed by atoms with Crippen LogP contribution in [0.4, 0.5) is 0 Å². The summed E-state index contributed by atoms with van der Waals surface area (Å²) in [5.41, 5.74) is -0.381. The van der Waals surface area contributed by atoms with Crippen LogP contribution in [0.5, 0.6) is 0 Å². The maximum absolute atomic E-state index is 11.1. The molecule has 0 radical (unpaired) electrons. The molecule has 6 heteroatoms. The summed E-state index contributed by atoms with van der Waals surface area (Å²) in [7, 11) is -4.09. The average molecular weight is 264 g/mol. The van der Waals surface area contributed by atoms with Crippen LogP contribution in [0.1, 0.15) is 34.1 Å². The third kappa shape index (κ3) is 5.32. The smallest absolute Gasteiger partial charge is 0.333 e. The van der Waals surface area contributed by atoms with Gasteiger partial charge in [-0.15, -0.1) is 0 Å². The summed E-state index contributed by atoms with van der Waals surface area (Å²) in [5.74, 6) is -0.500. The Morgan fingerprint density at radius 1 is 1.47 bits per heavy atom. The second-order valence-corrected chi connectivity index (χ2v) is 6.55. The molecule has 0 heterocycles. The topological polar surface area (TPSA) is 80.7 Å². The van der Waals surface area contributed by atoms with E-state index in [-0.39, 0.29) is 6.61 Å². The lowest BCUT2D eigenvalue weighted by Gasteiger charge is -2.29. The molecule has 5 nitrogen and oxygen atoms in total. The Bertz CT molecular complexity index is 394. The highest BCUT2D eigenvalue weighted by Gasteiger charge is 2.34. The minimum atomic E-state index is -4.09. The zero-order valence-electron chi connectivity index (χ0n) is 10.7. The number of hydrogen-bond donors (Lipinski definition) is 1. The van der Waals surface area contributed by atoms with Crippen LogP contribution < -0.4 is 0 Å². The number of esters is 1. The molecule has 0 saturated heterocycles. The molecule has 0 fully saturated rings. The Balaban J connectivity index is 4.38. The molecule has 0 aromatic carbocycles. The maximum Gasteiger partial charge on any atom is 0.333 e. The van der Waals surface area contributed by atoms with E-state index >= 15 is 0 Å². The van der Waals surface area contributed by atoms with Crippen molar-refractivity contribution in [2.75, 3.05) is 6.61 Å². The van der Waals surface area contributed by atoms with Gasteiger partial charge in [0, 0.05) is 5.57 Å². The standard InChI is InChI=1S/C11H20O5S/c1-8(2)10(12)16-7-6-11(4,5)9(3)17(13,14)15/h9H,1,6-7H2,2-5H3,(H,13,14,15). The number of carbonyl (C=O) groups is 1. The van der Waals surface area contributed by atoms with E-state index in [0.29, 0.717) is 12.0 Å². The van der Waals surface area contributed by atoms with E-state index in [1.54, 1.807) is 13.8 Å². The molecule has 0 aromatic rings. The van der Waals surface area contributed by atoms with Crippen molar-refractivity contribution in [3.63, 3.8) is 0 Å². The van der Waals surface area contributed by atoms with E-state index in [2.05, 4.69) is 6.58 Å². The summed E-state index contributed by atoms with van der Waals surface area (Å²) < 4.78 is 35.9. The highest BCUT2D eigenvalue weighted by atomic mass is 32.2. The monoisotopic (exact) mass is 264 g/mol. The van der Waals surface area contributed by atoms with Gasteiger partial charge in [0.2, 0.25) is 0 Å². The van der Waals surface area contributed by atoms with Gasteiger partial charge in [0.25, 0.3) is 10.1 Å². The van der Waals surface area contributed by atoms with Crippen molar-refractivity contribution >= 4 is 16.1 Å². The molecule has 0 saturated carbocycles. The number of ether oxygens (including phenoxy) is 1. The fraction of sp³-hybridized carbons (Fsp3) is 0.727. The van der Waals surface area contributed by atoms with E-state index in [9.17, 15) is 13.2 Å². The van der Waals surface area contributed by atoms with Crippen molar-refractivity contribution in [3.05, 3.63) is 12.2 Å². The first kappa shape index (κ1) is 16.1. The van der Waals surface area contributed by atoms with Crippen LogP contribution in [0, 0.1) is 5.41 Å². The van der Waals surface area contributed by atoms with E-state index < -0.39 is 26.8 Å². The van der Waals surface area contributed by atoms with Crippen LogP contribution in [0.25, 0.3) is 0 Å². The SMILES string of the molecule is C=C(C)C(=O)OCCC(C)(C)C(C)S(=O)(=O)O. The average Bonchev–Trinajstić information content (AvgIpc) is 2.14. The second kappa shape index (κ2) is 5.64. The summed E-state index contributed by atoms with van der Waals surface area (Å²) >= 11 is 0. The van der Waals surface area contributed by atoms with Gasteiger partial charge in [-0.25, -0.2) is 4.79 Å². The quantitative estimate of drug-likeness (QED) is 0.449. The zero-order valence-corrected chi connectivity index (χ0v) is 11.5. The molecule has 17 heavy (non-hydrogen) atoms. The van der Waals surface area contributed by atoms with Gasteiger partial charge in [-0.3, -0.25) is 4.55 Å². The van der Waals surface area contributed by atoms with E-state index in [1.807, 2.05) is 0 Å². The number of rotatable bonds is 6. The van der Waals surface area contributed by atoms with Gasteiger partial charge in [-0.2, -0.15) is 8.42 Å². The van der Waals surface area contributed by atoms with Gasteiger partial charge in [0.15, 0.2) is 0 Å². The molecule has 0 aliphatic carbocycles. The summed E-state index contributed by atoms with van der Waals surface area (Å²) in [6, 6.07) is 0. The fourth-order valence-corrected chi connectivity index (χ4v) is 2.06. The highest BCUT2D eigenvalue weighted by molar-refractivity contribution is 7.86. The van der Waals surface area contributed by atoms with Crippen LogP contribution in [-0.2, 0) is 19.6 Å². The maximum atomic E-state index is 11.1. The lowest BCUT2D eigenvalue weighted by molar-refractivity contribution is -0.139. The lowest BCUT2D eigenvalue weighted by atomic mass is 9.86. The van der Waals surface area contributed by atoms with Gasteiger partial charge in [0.1, 0.15) is 0 Å². The van der Waals surface area contributed by atoms with Crippen LogP contribution in [0.15, 0.2) is 12.2 Å². The molecule has 0 spiro atoms. The fourth-order valence-electron chi connectivity index (χ4n) is 1.14. The molecule has 0 amide bonds. The number of carbonyl (C=O) groups excluding carboxylic acids is 1.